The van der Waals surface area contributed by atoms with Gasteiger partial charge in [0.25, 0.3) is 0 Å². The first-order valence-corrected chi connectivity index (χ1v) is 6.94. The Morgan fingerprint density at radius 1 is 0.941 bits per heavy atom. The smallest absolute Gasteiger partial charge is 0.00519 e. The maximum Gasteiger partial charge on any atom is -0.00519 e. The van der Waals surface area contributed by atoms with Crippen molar-refractivity contribution in [2.24, 2.45) is 5.92 Å². The number of hydrogen-bond acceptors (Lipinski definition) is 1. The van der Waals surface area contributed by atoms with Crippen molar-refractivity contribution in [1.82, 2.24) is 5.32 Å². The van der Waals surface area contributed by atoms with Gasteiger partial charge in [-0.1, -0.05) is 44.5 Å². The summed E-state index contributed by atoms with van der Waals surface area (Å²) in [5.41, 5.74) is 2.96. The van der Waals surface area contributed by atoms with Crippen molar-refractivity contribution in [2.45, 2.75) is 46.0 Å². The topological polar surface area (TPSA) is 12.0 Å². The van der Waals surface area contributed by atoms with E-state index in [-0.39, 0.29) is 0 Å². The molecule has 1 aromatic carbocycles. The van der Waals surface area contributed by atoms with Gasteiger partial charge in [-0.3, -0.25) is 0 Å². The summed E-state index contributed by atoms with van der Waals surface area (Å²) in [5, 5.41) is 3.19. The lowest BCUT2D eigenvalue weighted by atomic mass is 10.00. The maximum atomic E-state index is 3.19. The average molecular weight is 233 g/mol. The molecule has 0 aliphatic carbocycles. The number of unbranched alkanes of at least 4 members (excludes halogenated alkanes) is 2. The van der Waals surface area contributed by atoms with Crippen LogP contribution < -0.4 is 5.32 Å². The Morgan fingerprint density at radius 2 is 1.59 bits per heavy atom. The van der Waals surface area contributed by atoms with E-state index in [0.29, 0.717) is 0 Å². The van der Waals surface area contributed by atoms with Gasteiger partial charge in [0.1, 0.15) is 0 Å². The van der Waals surface area contributed by atoms with Gasteiger partial charge < -0.3 is 5.32 Å². The minimum atomic E-state index is 0.752. The minimum Gasteiger partial charge on any atom is -0.320 e. The molecule has 0 bridgehead atoms. The van der Waals surface area contributed by atoms with Gasteiger partial charge in [0.05, 0.1) is 0 Å². The summed E-state index contributed by atoms with van der Waals surface area (Å²) in [6.45, 7) is 5.69. The lowest BCUT2D eigenvalue weighted by Gasteiger charge is -2.06. The van der Waals surface area contributed by atoms with Crippen molar-refractivity contribution in [1.29, 1.82) is 0 Å². The zero-order valence-corrected chi connectivity index (χ0v) is 11.6. The quantitative estimate of drug-likeness (QED) is 0.673. The van der Waals surface area contributed by atoms with Crippen LogP contribution in [0.1, 0.15) is 44.2 Å². The van der Waals surface area contributed by atoms with Crippen LogP contribution in [-0.4, -0.2) is 13.6 Å². The number of benzene rings is 1. The zero-order valence-electron chi connectivity index (χ0n) is 11.6. The number of hydrogen-bond donors (Lipinski definition) is 1. The van der Waals surface area contributed by atoms with Gasteiger partial charge in [-0.15, -0.1) is 0 Å². The summed E-state index contributed by atoms with van der Waals surface area (Å²) in [6, 6.07) is 9.19. The van der Waals surface area contributed by atoms with Gasteiger partial charge >= 0.3 is 0 Å². The predicted octanol–water partition coefficient (Wildman–Crippen LogP) is 3.82. The molecule has 0 spiro atoms. The third-order valence-corrected chi connectivity index (χ3v) is 3.06. The first-order chi connectivity index (χ1) is 8.22. The van der Waals surface area contributed by atoms with Crippen molar-refractivity contribution in [3.8, 4) is 0 Å². The molecular formula is C16H27N. The zero-order chi connectivity index (χ0) is 12.5. The van der Waals surface area contributed by atoms with Gasteiger partial charge in [0, 0.05) is 0 Å². The highest BCUT2D eigenvalue weighted by molar-refractivity contribution is 5.22. The third-order valence-electron chi connectivity index (χ3n) is 3.06. The summed E-state index contributed by atoms with van der Waals surface area (Å²) in [6.07, 6.45) is 6.36. The largest absolute Gasteiger partial charge is 0.320 e. The molecule has 1 rings (SSSR count). The van der Waals surface area contributed by atoms with Crippen LogP contribution in [0.4, 0.5) is 0 Å². The molecule has 0 unspecified atom stereocenters. The molecule has 0 radical (unpaired) electrons. The SMILES string of the molecule is CNCCCCCc1ccc(CC(C)C)cc1. The molecule has 1 heteroatoms. The molecule has 0 aromatic heterocycles. The normalized spacial score (nSPS) is 11.1. The minimum absolute atomic E-state index is 0.752. The third kappa shape index (κ3) is 6.48. The Kier molecular flexibility index (Phi) is 6.95. The van der Waals surface area contributed by atoms with Crippen molar-refractivity contribution in [2.75, 3.05) is 13.6 Å². The van der Waals surface area contributed by atoms with Crippen molar-refractivity contribution in [3.63, 3.8) is 0 Å². The molecule has 0 aliphatic rings. The van der Waals surface area contributed by atoms with E-state index in [1.54, 1.807) is 0 Å². The lowest BCUT2D eigenvalue weighted by Crippen LogP contribution is -2.07. The molecule has 0 atom stereocenters. The summed E-state index contributed by atoms with van der Waals surface area (Å²) < 4.78 is 0. The Bertz CT molecular complexity index is 287. The van der Waals surface area contributed by atoms with Crippen LogP contribution in [0.2, 0.25) is 0 Å². The monoisotopic (exact) mass is 233 g/mol. The summed E-state index contributed by atoms with van der Waals surface area (Å²) in [7, 11) is 2.02. The van der Waals surface area contributed by atoms with E-state index in [1.165, 1.54) is 43.2 Å². The predicted molar refractivity (Wildman–Crippen MR) is 76.5 cm³/mol. The van der Waals surface area contributed by atoms with E-state index in [9.17, 15) is 0 Å². The molecule has 0 aliphatic heterocycles. The molecule has 17 heavy (non-hydrogen) atoms. The Balaban J connectivity index is 2.25. The van der Waals surface area contributed by atoms with Gasteiger partial charge in [-0.05, 0) is 56.3 Å². The summed E-state index contributed by atoms with van der Waals surface area (Å²) in [5.74, 6) is 0.752. The van der Waals surface area contributed by atoms with Crippen LogP contribution in [0.5, 0.6) is 0 Å². The van der Waals surface area contributed by atoms with E-state index in [0.717, 1.165) is 12.5 Å². The van der Waals surface area contributed by atoms with Crippen LogP contribution in [0.25, 0.3) is 0 Å². The fraction of sp³-hybridized carbons (Fsp3) is 0.625. The van der Waals surface area contributed by atoms with Crippen molar-refractivity contribution in [3.05, 3.63) is 35.4 Å². The first-order valence-electron chi connectivity index (χ1n) is 6.94. The molecule has 1 N–H and O–H groups in total. The average Bonchev–Trinajstić information content (AvgIpc) is 2.30. The van der Waals surface area contributed by atoms with E-state index >= 15 is 0 Å². The highest BCUT2D eigenvalue weighted by Crippen LogP contribution is 2.12. The fourth-order valence-electron chi connectivity index (χ4n) is 2.12. The van der Waals surface area contributed by atoms with Crippen LogP contribution in [-0.2, 0) is 12.8 Å². The van der Waals surface area contributed by atoms with Gasteiger partial charge in [-0.25, -0.2) is 0 Å². The Labute approximate surface area is 107 Å². The second-order valence-corrected chi connectivity index (χ2v) is 5.33. The highest BCUT2D eigenvalue weighted by Gasteiger charge is 1.98. The molecule has 0 heterocycles. The highest BCUT2D eigenvalue weighted by atomic mass is 14.8. The summed E-state index contributed by atoms with van der Waals surface area (Å²) >= 11 is 0. The van der Waals surface area contributed by atoms with Crippen molar-refractivity contribution < 1.29 is 0 Å². The van der Waals surface area contributed by atoms with E-state index in [2.05, 4.69) is 43.4 Å². The molecule has 1 nitrogen and oxygen atoms in total. The molecule has 0 fully saturated rings. The van der Waals surface area contributed by atoms with Gasteiger partial charge in [0.2, 0.25) is 0 Å². The fourth-order valence-corrected chi connectivity index (χ4v) is 2.12. The van der Waals surface area contributed by atoms with Crippen LogP contribution in [0.3, 0.4) is 0 Å². The molecular weight excluding hydrogens is 206 g/mol. The lowest BCUT2D eigenvalue weighted by molar-refractivity contribution is 0.640. The Hall–Kier alpha value is -0.820. The Morgan fingerprint density at radius 3 is 2.18 bits per heavy atom. The van der Waals surface area contributed by atoms with Crippen LogP contribution >= 0.6 is 0 Å². The van der Waals surface area contributed by atoms with E-state index in [4.69, 9.17) is 0 Å². The second kappa shape index (κ2) is 8.30. The second-order valence-electron chi connectivity index (χ2n) is 5.33. The molecule has 0 saturated carbocycles. The first kappa shape index (κ1) is 14.2. The number of nitrogens with one attached hydrogen (secondary N) is 1. The molecule has 1 aromatic rings. The summed E-state index contributed by atoms with van der Waals surface area (Å²) in [4.78, 5) is 0. The molecule has 0 saturated heterocycles. The van der Waals surface area contributed by atoms with Gasteiger partial charge in [0.15, 0.2) is 0 Å². The number of aryl methyl sites for hydroxylation is 1. The van der Waals surface area contributed by atoms with Crippen LogP contribution in [0.15, 0.2) is 24.3 Å². The maximum absolute atomic E-state index is 3.19. The van der Waals surface area contributed by atoms with Crippen molar-refractivity contribution >= 4 is 0 Å². The standard InChI is InChI=1S/C16H27N/c1-14(2)13-16-10-8-15(9-11-16)7-5-4-6-12-17-3/h8-11,14,17H,4-7,12-13H2,1-3H3. The van der Waals surface area contributed by atoms with Crippen LogP contribution in [0, 0.1) is 5.92 Å². The van der Waals surface area contributed by atoms with E-state index in [1.807, 2.05) is 7.05 Å². The number of rotatable bonds is 8. The molecule has 96 valence electrons. The van der Waals surface area contributed by atoms with Gasteiger partial charge in [-0.2, -0.15) is 0 Å². The van der Waals surface area contributed by atoms with E-state index < -0.39 is 0 Å². The molecule has 0 amide bonds.